The second kappa shape index (κ2) is 3.29. The van der Waals surface area contributed by atoms with Gasteiger partial charge in [-0.3, -0.25) is 0 Å². The van der Waals surface area contributed by atoms with Crippen LogP contribution in [0.4, 0.5) is 0 Å². The van der Waals surface area contributed by atoms with Crippen molar-refractivity contribution in [1.29, 1.82) is 0 Å². The normalized spacial score (nSPS) is 49.6. The molecule has 76 valence electrons. The molecule has 0 aromatic rings. The first-order valence-electron chi connectivity index (χ1n) is 6.18. The standard InChI is InChI=1S/C13H24/c1-4-10-6-7-11-8-13(3,5-2)9-12(10)11/h10-12H,4-9H2,1-3H3. The zero-order chi connectivity index (χ0) is 9.47. The number of rotatable bonds is 2. The Labute approximate surface area is 83.1 Å². The molecule has 2 aliphatic rings. The molecule has 0 heteroatoms. The molecule has 0 radical (unpaired) electrons. The summed E-state index contributed by atoms with van der Waals surface area (Å²) in [5, 5.41) is 0. The number of fused-ring (bicyclic) bond motifs is 1. The minimum Gasteiger partial charge on any atom is -0.0651 e. The molecule has 0 heterocycles. The van der Waals surface area contributed by atoms with E-state index in [1.807, 2.05) is 0 Å². The maximum absolute atomic E-state index is 2.51. The van der Waals surface area contributed by atoms with E-state index in [9.17, 15) is 0 Å². The summed E-state index contributed by atoms with van der Waals surface area (Å²) in [5.41, 5.74) is 0.711. The molecule has 0 nitrogen and oxygen atoms in total. The smallest absolute Gasteiger partial charge is 0.0323 e. The third kappa shape index (κ3) is 1.53. The Kier molecular flexibility index (Phi) is 2.42. The summed E-state index contributed by atoms with van der Waals surface area (Å²) in [7, 11) is 0. The van der Waals surface area contributed by atoms with Gasteiger partial charge in [-0.25, -0.2) is 0 Å². The number of hydrogen-bond acceptors (Lipinski definition) is 0. The van der Waals surface area contributed by atoms with Crippen LogP contribution >= 0.6 is 0 Å². The van der Waals surface area contributed by atoms with Crippen molar-refractivity contribution in [3.05, 3.63) is 0 Å². The second-order valence-corrected chi connectivity index (χ2v) is 5.74. The fourth-order valence-electron chi connectivity index (χ4n) is 3.91. The van der Waals surface area contributed by atoms with Gasteiger partial charge >= 0.3 is 0 Å². The summed E-state index contributed by atoms with van der Waals surface area (Å²) in [4.78, 5) is 0. The lowest BCUT2D eigenvalue weighted by Gasteiger charge is -2.24. The molecule has 0 bridgehead atoms. The molecule has 0 amide bonds. The Morgan fingerprint density at radius 2 is 1.92 bits per heavy atom. The van der Waals surface area contributed by atoms with E-state index >= 15 is 0 Å². The maximum atomic E-state index is 2.51. The van der Waals surface area contributed by atoms with Gasteiger partial charge in [-0.1, -0.05) is 33.6 Å². The van der Waals surface area contributed by atoms with Crippen LogP contribution in [0.5, 0.6) is 0 Å². The molecular formula is C13H24. The molecule has 0 spiro atoms. The summed E-state index contributed by atoms with van der Waals surface area (Å²) < 4.78 is 0. The first-order valence-corrected chi connectivity index (χ1v) is 6.18. The Hall–Kier alpha value is 0. The largest absolute Gasteiger partial charge is 0.0651 e. The Balaban J connectivity index is 2.05. The highest BCUT2D eigenvalue weighted by Gasteiger charge is 2.46. The van der Waals surface area contributed by atoms with Gasteiger partial charge < -0.3 is 0 Å². The van der Waals surface area contributed by atoms with Gasteiger partial charge in [0.1, 0.15) is 0 Å². The average Bonchev–Trinajstić information content (AvgIpc) is 2.61. The van der Waals surface area contributed by atoms with Crippen LogP contribution in [-0.2, 0) is 0 Å². The Bertz CT molecular complexity index is 184. The molecule has 2 rings (SSSR count). The van der Waals surface area contributed by atoms with Gasteiger partial charge in [0.2, 0.25) is 0 Å². The lowest BCUT2D eigenvalue weighted by molar-refractivity contribution is 0.269. The van der Waals surface area contributed by atoms with Crippen molar-refractivity contribution in [3.8, 4) is 0 Å². The third-order valence-electron chi connectivity index (χ3n) is 4.98. The quantitative estimate of drug-likeness (QED) is 0.596. The van der Waals surface area contributed by atoms with E-state index in [1.54, 1.807) is 6.42 Å². The van der Waals surface area contributed by atoms with Gasteiger partial charge in [0, 0.05) is 0 Å². The zero-order valence-electron chi connectivity index (χ0n) is 9.47. The molecule has 13 heavy (non-hydrogen) atoms. The van der Waals surface area contributed by atoms with E-state index in [0.29, 0.717) is 5.41 Å². The van der Waals surface area contributed by atoms with Crippen LogP contribution in [0, 0.1) is 23.2 Å². The third-order valence-corrected chi connectivity index (χ3v) is 4.98. The van der Waals surface area contributed by atoms with Gasteiger partial charge in [0.25, 0.3) is 0 Å². The first-order chi connectivity index (χ1) is 6.18. The molecule has 0 N–H and O–H groups in total. The minimum atomic E-state index is 0.711. The first kappa shape index (κ1) is 9.55. The highest BCUT2D eigenvalue weighted by molar-refractivity contribution is 4.97. The maximum Gasteiger partial charge on any atom is -0.0323 e. The Morgan fingerprint density at radius 1 is 1.15 bits per heavy atom. The highest BCUT2D eigenvalue weighted by atomic mass is 14.5. The molecule has 4 unspecified atom stereocenters. The van der Waals surface area contributed by atoms with E-state index in [2.05, 4.69) is 20.8 Å². The van der Waals surface area contributed by atoms with E-state index in [4.69, 9.17) is 0 Å². The molecule has 2 fully saturated rings. The van der Waals surface area contributed by atoms with Crippen LogP contribution in [0.1, 0.15) is 59.3 Å². The van der Waals surface area contributed by atoms with Crippen molar-refractivity contribution < 1.29 is 0 Å². The monoisotopic (exact) mass is 180 g/mol. The van der Waals surface area contributed by atoms with Crippen molar-refractivity contribution >= 4 is 0 Å². The molecule has 4 atom stereocenters. The van der Waals surface area contributed by atoms with E-state index in [1.165, 1.54) is 32.1 Å². The molecule has 0 aromatic heterocycles. The summed E-state index contributed by atoms with van der Waals surface area (Å²) >= 11 is 0. The van der Waals surface area contributed by atoms with Crippen molar-refractivity contribution in [2.24, 2.45) is 23.2 Å². The van der Waals surface area contributed by atoms with E-state index in [-0.39, 0.29) is 0 Å². The molecule has 0 aliphatic heterocycles. The second-order valence-electron chi connectivity index (χ2n) is 5.74. The van der Waals surface area contributed by atoms with Crippen molar-refractivity contribution in [3.63, 3.8) is 0 Å². The predicted octanol–water partition coefficient (Wildman–Crippen LogP) is 4.25. The fourth-order valence-corrected chi connectivity index (χ4v) is 3.91. The fraction of sp³-hybridized carbons (Fsp3) is 1.00. The molecule has 0 aromatic carbocycles. The topological polar surface area (TPSA) is 0 Å². The summed E-state index contributed by atoms with van der Waals surface area (Å²) in [5.74, 6) is 3.29. The van der Waals surface area contributed by atoms with Crippen LogP contribution in [0.3, 0.4) is 0 Å². The lowest BCUT2D eigenvalue weighted by Crippen LogP contribution is -2.13. The number of hydrogen-bond donors (Lipinski definition) is 0. The molecule has 0 saturated heterocycles. The molecule has 2 saturated carbocycles. The van der Waals surface area contributed by atoms with Crippen LogP contribution in [0.2, 0.25) is 0 Å². The summed E-state index contributed by atoms with van der Waals surface area (Å²) in [6.07, 6.45) is 8.97. The van der Waals surface area contributed by atoms with E-state index < -0.39 is 0 Å². The molecule has 2 aliphatic carbocycles. The van der Waals surface area contributed by atoms with Gasteiger partial charge in [0.05, 0.1) is 0 Å². The summed E-state index contributed by atoms with van der Waals surface area (Å²) in [6.45, 7) is 7.27. The van der Waals surface area contributed by atoms with Crippen LogP contribution < -0.4 is 0 Å². The highest BCUT2D eigenvalue weighted by Crippen LogP contribution is 2.56. The van der Waals surface area contributed by atoms with Crippen molar-refractivity contribution in [2.75, 3.05) is 0 Å². The van der Waals surface area contributed by atoms with E-state index in [0.717, 1.165) is 17.8 Å². The SMILES string of the molecule is CCC1CCC2CC(C)(CC)CC12. The van der Waals surface area contributed by atoms with Crippen LogP contribution in [-0.4, -0.2) is 0 Å². The predicted molar refractivity (Wildman–Crippen MR) is 57.6 cm³/mol. The molecular weight excluding hydrogens is 156 g/mol. The van der Waals surface area contributed by atoms with Crippen molar-refractivity contribution in [1.82, 2.24) is 0 Å². The van der Waals surface area contributed by atoms with Crippen molar-refractivity contribution in [2.45, 2.75) is 59.3 Å². The van der Waals surface area contributed by atoms with Gasteiger partial charge in [-0.2, -0.15) is 0 Å². The van der Waals surface area contributed by atoms with Gasteiger partial charge in [-0.05, 0) is 48.9 Å². The average molecular weight is 180 g/mol. The van der Waals surface area contributed by atoms with Crippen LogP contribution in [0.25, 0.3) is 0 Å². The van der Waals surface area contributed by atoms with Gasteiger partial charge in [0.15, 0.2) is 0 Å². The minimum absolute atomic E-state index is 0.711. The lowest BCUT2D eigenvalue weighted by atomic mass is 9.81. The van der Waals surface area contributed by atoms with Crippen LogP contribution in [0.15, 0.2) is 0 Å². The van der Waals surface area contributed by atoms with Gasteiger partial charge in [-0.15, -0.1) is 0 Å². The summed E-state index contributed by atoms with van der Waals surface area (Å²) in [6, 6.07) is 0. The Morgan fingerprint density at radius 3 is 2.54 bits per heavy atom. The zero-order valence-corrected chi connectivity index (χ0v) is 9.47.